The van der Waals surface area contributed by atoms with Crippen molar-refractivity contribution in [3.8, 4) is 0 Å². The van der Waals surface area contributed by atoms with Crippen LogP contribution in [0.3, 0.4) is 0 Å². The first-order chi connectivity index (χ1) is 14.1. The van der Waals surface area contributed by atoms with Crippen molar-refractivity contribution < 1.29 is 19.7 Å². The predicted octanol–water partition coefficient (Wildman–Crippen LogP) is 6.50. The SMILES string of the molecule is CCCCCCCCCCC(O)C(CCCCCC(=O)O)OCc1ccccc1. The fraction of sp³-hybridized carbons (Fsp3) is 0.720. The molecule has 0 aliphatic heterocycles. The molecule has 1 aromatic carbocycles. The molecule has 0 aromatic heterocycles. The van der Waals surface area contributed by atoms with E-state index < -0.39 is 12.1 Å². The highest BCUT2D eigenvalue weighted by atomic mass is 16.5. The smallest absolute Gasteiger partial charge is 0.303 e. The van der Waals surface area contributed by atoms with Crippen LogP contribution in [0.15, 0.2) is 30.3 Å². The number of unbranched alkanes of at least 4 members (excludes halogenated alkanes) is 9. The quantitative estimate of drug-likeness (QED) is 0.257. The maximum atomic E-state index is 10.7. The zero-order valence-corrected chi connectivity index (χ0v) is 18.4. The third kappa shape index (κ3) is 14.3. The van der Waals surface area contributed by atoms with Crippen LogP contribution in [0.2, 0.25) is 0 Å². The minimum Gasteiger partial charge on any atom is -0.481 e. The van der Waals surface area contributed by atoms with Gasteiger partial charge in [0.05, 0.1) is 18.8 Å². The molecule has 0 heterocycles. The Morgan fingerprint density at radius 1 is 0.862 bits per heavy atom. The summed E-state index contributed by atoms with van der Waals surface area (Å²) in [5, 5.41) is 19.4. The largest absolute Gasteiger partial charge is 0.481 e. The maximum Gasteiger partial charge on any atom is 0.303 e. The molecule has 4 heteroatoms. The van der Waals surface area contributed by atoms with E-state index in [4.69, 9.17) is 9.84 Å². The van der Waals surface area contributed by atoms with Gasteiger partial charge in [-0.05, 0) is 24.8 Å². The monoisotopic (exact) mass is 406 g/mol. The molecule has 1 rings (SSSR count). The molecule has 0 saturated carbocycles. The van der Waals surface area contributed by atoms with Gasteiger partial charge in [-0.25, -0.2) is 0 Å². The number of aliphatic carboxylic acids is 1. The minimum absolute atomic E-state index is 0.176. The van der Waals surface area contributed by atoms with Gasteiger partial charge in [0.2, 0.25) is 0 Å². The highest BCUT2D eigenvalue weighted by Gasteiger charge is 2.19. The molecule has 2 unspecified atom stereocenters. The van der Waals surface area contributed by atoms with Crippen molar-refractivity contribution in [2.45, 2.75) is 116 Å². The molecule has 29 heavy (non-hydrogen) atoms. The molecule has 2 atom stereocenters. The van der Waals surface area contributed by atoms with Crippen molar-refractivity contribution in [3.63, 3.8) is 0 Å². The fourth-order valence-corrected chi connectivity index (χ4v) is 3.64. The molecule has 0 saturated heterocycles. The van der Waals surface area contributed by atoms with E-state index in [1.165, 1.54) is 44.9 Å². The van der Waals surface area contributed by atoms with E-state index in [0.29, 0.717) is 13.0 Å². The summed E-state index contributed by atoms with van der Waals surface area (Å²) in [6.45, 7) is 2.75. The topological polar surface area (TPSA) is 66.8 Å². The zero-order valence-electron chi connectivity index (χ0n) is 18.4. The van der Waals surface area contributed by atoms with E-state index in [1.807, 2.05) is 30.3 Å². The van der Waals surface area contributed by atoms with Gasteiger partial charge in [-0.2, -0.15) is 0 Å². The Kier molecular flexibility index (Phi) is 15.4. The second kappa shape index (κ2) is 17.5. The first-order valence-electron chi connectivity index (χ1n) is 11.7. The van der Waals surface area contributed by atoms with Crippen LogP contribution in [-0.4, -0.2) is 28.4 Å². The lowest BCUT2D eigenvalue weighted by Gasteiger charge is -2.24. The highest BCUT2D eigenvalue weighted by molar-refractivity contribution is 5.66. The van der Waals surface area contributed by atoms with E-state index in [2.05, 4.69) is 6.92 Å². The Hall–Kier alpha value is -1.39. The van der Waals surface area contributed by atoms with Gasteiger partial charge in [0.15, 0.2) is 0 Å². The lowest BCUT2D eigenvalue weighted by atomic mass is 9.99. The van der Waals surface area contributed by atoms with Crippen molar-refractivity contribution in [1.29, 1.82) is 0 Å². The van der Waals surface area contributed by atoms with Crippen LogP contribution in [0.4, 0.5) is 0 Å². The Morgan fingerprint density at radius 2 is 1.45 bits per heavy atom. The fourth-order valence-electron chi connectivity index (χ4n) is 3.64. The van der Waals surface area contributed by atoms with E-state index >= 15 is 0 Å². The van der Waals surface area contributed by atoms with Crippen molar-refractivity contribution in [2.24, 2.45) is 0 Å². The Bertz CT molecular complexity index is 503. The van der Waals surface area contributed by atoms with Gasteiger partial charge in [-0.1, -0.05) is 101 Å². The molecule has 1 aromatic rings. The molecule has 166 valence electrons. The molecule has 0 amide bonds. The maximum absolute atomic E-state index is 10.7. The summed E-state index contributed by atoms with van der Waals surface area (Å²) in [5.74, 6) is -0.739. The molecule has 2 N–H and O–H groups in total. The van der Waals surface area contributed by atoms with E-state index in [1.54, 1.807) is 0 Å². The van der Waals surface area contributed by atoms with Crippen LogP contribution in [-0.2, 0) is 16.1 Å². The van der Waals surface area contributed by atoms with Gasteiger partial charge in [0.1, 0.15) is 0 Å². The lowest BCUT2D eigenvalue weighted by Crippen LogP contribution is -2.29. The Balaban J connectivity index is 2.31. The number of aliphatic hydroxyl groups is 1. The molecular weight excluding hydrogens is 364 g/mol. The standard InChI is InChI=1S/C25H42O4/c1-2-3-4-5-6-7-8-13-18-23(26)24(19-14-10-15-20-25(27)28)29-21-22-16-11-9-12-17-22/h9,11-12,16-17,23-24,26H,2-8,10,13-15,18-21H2,1H3,(H,27,28). The van der Waals surface area contributed by atoms with E-state index in [-0.39, 0.29) is 12.5 Å². The summed E-state index contributed by atoms with van der Waals surface area (Å²) in [5.41, 5.74) is 1.11. The average Bonchev–Trinajstić information content (AvgIpc) is 2.72. The van der Waals surface area contributed by atoms with Gasteiger partial charge in [-0.3, -0.25) is 4.79 Å². The van der Waals surface area contributed by atoms with Crippen molar-refractivity contribution >= 4 is 5.97 Å². The van der Waals surface area contributed by atoms with Gasteiger partial charge in [0, 0.05) is 6.42 Å². The molecule has 0 bridgehead atoms. The molecule has 0 spiro atoms. The summed E-state index contributed by atoms with van der Waals surface area (Å²) in [7, 11) is 0. The molecule has 0 radical (unpaired) electrons. The average molecular weight is 407 g/mol. The number of hydrogen-bond donors (Lipinski definition) is 2. The van der Waals surface area contributed by atoms with Crippen LogP contribution in [0.1, 0.15) is 102 Å². The summed E-state index contributed by atoms with van der Waals surface area (Å²) < 4.78 is 6.07. The molecule has 0 aliphatic rings. The summed E-state index contributed by atoms with van der Waals surface area (Å²) >= 11 is 0. The highest BCUT2D eigenvalue weighted by Crippen LogP contribution is 2.19. The van der Waals surface area contributed by atoms with Gasteiger partial charge in [0.25, 0.3) is 0 Å². The van der Waals surface area contributed by atoms with E-state index in [9.17, 15) is 9.90 Å². The summed E-state index contributed by atoms with van der Waals surface area (Å²) in [6.07, 6.45) is 13.7. The molecule has 0 aliphatic carbocycles. The van der Waals surface area contributed by atoms with Gasteiger partial charge in [-0.15, -0.1) is 0 Å². The van der Waals surface area contributed by atoms with Crippen LogP contribution in [0, 0.1) is 0 Å². The van der Waals surface area contributed by atoms with Crippen molar-refractivity contribution in [2.75, 3.05) is 0 Å². The second-order valence-electron chi connectivity index (χ2n) is 8.16. The first kappa shape index (κ1) is 25.6. The minimum atomic E-state index is -0.739. The third-order valence-electron chi connectivity index (χ3n) is 5.47. The third-order valence-corrected chi connectivity index (χ3v) is 5.47. The second-order valence-corrected chi connectivity index (χ2v) is 8.16. The van der Waals surface area contributed by atoms with Crippen molar-refractivity contribution in [3.05, 3.63) is 35.9 Å². The number of hydrogen-bond acceptors (Lipinski definition) is 3. The van der Waals surface area contributed by atoms with Crippen molar-refractivity contribution in [1.82, 2.24) is 0 Å². The van der Waals surface area contributed by atoms with Crippen LogP contribution >= 0.6 is 0 Å². The Labute approximate surface area is 177 Å². The number of rotatable bonds is 19. The number of ether oxygens (including phenoxy) is 1. The predicted molar refractivity (Wildman–Crippen MR) is 119 cm³/mol. The number of carbonyl (C=O) groups is 1. The van der Waals surface area contributed by atoms with Gasteiger partial charge < -0.3 is 14.9 Å². The van der Waals surface area contributed by atoms with Crippen LogP contribution in [0.25, 0.3) is 0 Å². The van der Waals surface area contributed by atoms with Crippen LogP contribution < -0.4 is 0 Å². The summed E-state index contributed by atoms with van der Waals surface area (Å²) in [4.78, 5) is 10.6. The van der Waals surface area contributed by atoms with Crippen LogP contribution in [0.5, 0.6) is 0 Å². The molecule has 4 nitrogen and oxygen atoms in total. The number of benzene rings is 1. The summed E-state index contributed by atoms with van der Waals surface area (Å²) in [6, 6.07) is 10.1. The first-order valence-corrected chi connectivity index (χ1v) is 11.7. The Morgan fingerprint density at radius 3 is 2.10 bits per heavy atom. The number of carboxylic acid groups (broad SMARTS) is 1. The normalized spacial score (nSPS) is 13.3. The molecule has 0 fully saturated rings. The number of aliphatic hydroxyl groups excluding tert-OH is 1. The zero-order chi connectivity index (χ0) is 21.2. The van der Waals surface area contributed by atoms with E-state index in [0.717, 1.165) is 37.7 Å². The van der Waals surface area contributed by atoms with Gasteiger partial charge >= 0.3 is 5.97 Å². The lowest BCUT2D eigenvalue weighted by molar-refractivity contribution is -0.137. The molecular formula is C25H42O4. The number of carboxylic acids is 1.